The van der Waals surface area contributed by atoms with Gasteiger partial charge in [-0.05, 0) is 71.2 Å². The molecule has 0 bridgehead atoms. The lowest BCUT2D eigenvalue weighted by Gasteiger charge is -2.36. The zero-order chi connectivity index (χ0) is 27.3. The maximum absolute atomic E-state index is 12.9. The summed E-state index contributed by atoms with van der Waals surface area (Å²) in [6.07, 6.45) is 7.56. The number of aromatic nitrogens is 2. The molecule has 9 nitrogen and oxygen atoms in total. The highest BCUT2D eigenvalue weighted by Gasteiger charge is 2.28. The van der Waals surface area contributed by atoms with Crippen molar-refractivity contribution in [1.82, 2.24) is 14.9 Å². The molecule has 1 aliphatic heterocycles. The van der Waals surface area contributed by atoms with Gasteiger partial charge in [-0.25, -0.2) is 19.6 Å². The number of esters is 1. The number of pyridine rings is 2. The van der Waals surface area contributed by atoms with E-state index >= 15 is 0 Å². The van der Waals surface area contributed by atoms with Crippen molar-refractivity contribution in [2.45, 2.75) is 78.4 Å². The lowest BCUT2D eigenvalue weighted by Crippen LogP contribution is -2.50. The van der Waals surface area contributed by atoms with Crippen LogP contribution >= 0.6 is 0 Å². The van der Waals surface area contributed by atoms with Gasteiger partial charge in [0.25, 0.3) is 0 Å². The van der Waals surface area contributed by atoms with Crippen LogP contribution in [0.4, 0.5) is 16.4 Å². The second-order valence-corrected chi connectivity index (χ2v) is 11.1. The monoisotopic (exact) mass is 523 g/mol. The number of ether oxygens (including phenoxy) is 2. The zero-order valence-electron chi connectivity index (χ0n) is 23.4. The van der Waals surface area contributed by atoms with Gasteiger partial charge in [-0.15, -0.1) is 0 Å². The first-order chi connectivity index (χ1) is 18.1. The molecule has 2 aromatic rings. The lowest BCUT2D eigenvalue weighted by atomic mass is 9.95. The molecular weight excluding hydrogens is 482 g/mol. The van der Waals surface area contributed by atoms with Crippen LogP contribution in [0.15, 0.2) is 24.4 Å². The molecule has 0 aromatic carbocycles. The van der Waals surface area contributed by atoms with Crippen LogP contribution in [0.5, 0.6) is 0 Å². The van der Waals surface area contributed by atoms with E-state index in [0.717, 1.165) is 35.5 Å². The number of hydrogen-bond acceptors (Lipinski definition) is 8. The molecule has 38 heavy (non-hydrogen) atoms. The van der Waals surface area contributed by atoms with Crippen molar-refractivity contribution in [3.8, 4) is 11.3 Å². The molecule has 2 aliphatic rings. The van der Waals surface area contributed by atoms with Gasteiger partial charge in [-0.2, -0.15) is 0 Å². The van der Waals surface area contributed by atoms with Gasteiger partial charge in [-0.3, -0.25) is 0 Å². The fraction of sp³-hybridized carbons (Fsp3) is 0.586. The van der Waals surface area contributed by atoms with Crippen LogP contribution in [0.2, 0.25) is 0 Å². The average molecular weight is 524 g/mol. The van der Waals surface area contributed by atoms with Crippen molar-refractivity contribution in [2.75, 3.05) is 43.0 Å². The number of amides is 1. The first-order valence-electron chi connectivity index (χ1n) is 13.8. The molecule has 1 saturated heterocycles. The Bertz CT molecular complexity index is 1130. The van der Waals surface area contributed by atoms with Crippen LogP contribution in [0.25, 0.3) is 11.3 Å². The second-order valence-electron chi connectivity index (χ2n) is 11.1. The molecule has 0 spiro atoms. The topological polar surface area (TPSA) is 96.9 Å². The smallest absolute Gasteiger partial charge is 0.410 e. The molecule has 2 fully saturated rings. The third-order valence-corrected chi connectivity index (χ3v) is 7.00. The minimum atomic E-state index is -0.536. The predicted octanol–water partition coefficient (Wildman–Crippen LogP) is 5.43. The van der Waals surface area contributed by atoms with Gasteiger partial charge in [0, 0.05) is 44.0 Å². The minimum Gasteiger partial charge on any atom is -0.462 e. The normalized spacial score (nSPS) is 16.8. The average Bonchev–Trinajstić information content (AvgIpc) is 2.89. The number of nitrogens with one attached hydrogen (secondary N) is 1. The number of anilines is 2. The Labute approximate surface area is 225 Å². The number of rotatable bonds is 6. The first-order valence-corrected chi connectivity index (χ1v) is 13.8. The van der Waals surface area contributed by atoms with Gasteiger partial charge < -0.3 is 24.6 Å². The zero-order valence-corrected chi connectivity index (χ0v) is 23.4. The molecule has 1 N–H and O–H groups in total. The summed E-state index contributed by atoms with van der Waals surface area (Å²) >= 11 is 0. The SMILES string of the molecule is CCOC(=O)c1cc(N2CCN(C(=O)OC(C)(C)C)CC2)nc(-c2ccnc(NC3CCCCC3)c2)c1C. The van der Waals surface area contributed by atoms with Crippen molar-refractivity contribution in [3.63, 3.8) is 0 Å². The largest absolute Gasteiger partial charge is 0.462 e. The number of hydrogen-bond donors (Lipinski definition) is 1. The standard InChI is InChI=1S/C29H41N5O4/c1-6-37-27(35)23-19-25(33-14-16-34(17-15-33)28(36)38-29(3,4)5)32-26(20(23)2)21-12-13-30-24(18-21)31-22-10-8-7-9-11-22/h12-13,18-19,22H,6-11,14-17H2,1-5H3,(H,30,31). The van der Waals surface area contributed by atoms with E-state index in [0.29, 0.717) is 50.2 Å². The summed E-state index contributed by atoms with van der Waals surface area (Å²) in [4.78, 5) is 38.8. The molecule has 9 heteroatoms. The van der Waals surface area contributed by atoms with Gasteiger partial charge in [0.05, 0.1) is 17.9 Å². The van der Waals surface area contributed by atoms with E-state index in [1.165, 1.54) is 19.3 Å². The summed E-state index contributed by atoms with van der Waals surface area (Å²) < 4.78 is 10.9. The third kappa shape index (κ3) is 6.94. The Balaban J connectivity index is 1.60. The Morgan fingerprint density at radius 3 is 2.45 bits per heavy atom. The molecule has 0 radical (unpaired) electrons. The molecular formula is C29H41N5O4. The van der Waals surface area contributed by atoms with E-state index in [1.54, 1.807) is 18.0 Å². The van der Waals surface area contributed by atoms with Crippen molar-refractivity contribution >= 4 is 23.7 Å². The molecule has 3 heterocycles. The Morgan fingerprint density at radius 2 is 1.79 bits per heavy atom. The van der Waals surface area contributed by atoms with Crippen molar-refractivity contribution in [3.05, 3.63) is 35.5 Å². The number of carbonyl (C=O) groups is 2. The molecule has 1 saturated carbocycles. The molecule has 0 atom stereocenters. The maximum Gasteiger partial charge on any atom is 0.410 e. The third-order valence-electron chi connectivity index (χ3n) is 7.00. The van der Waals surface area contributed by atoms with Crippen LogP contribution in [-0.4, -0.2) is 71.4 Å². The molecule has 2 aromatic heterocycles. The summed E-state index contributed by atoms with van der Waals surface area (Å²) in [6, 6.07) is 6.19. The maximum atomic E-state index is 12.9. The Hall–Kier alpha value is -3.36. The van der Waals surface area contributed by atoms with Gasteiger partial charge >= 0.3 is 12.1 Å². The Kier molecular flexibility index (Phi) is 8.74. The van der Waals surface area contributed by atoms with E-state index < -0.39 is 5.60 Å². The minimum absolute atomic E-state index is 0.296. The Morgan fingerprint density at radius 1 is 1.08 bits per heavy atom. The summed E-state index contributed by atoms with van der Waals surface area (Å²) in [5, 5.41) is 3.59. The van der Waals surface area contributed by atoms with Gasteiger partial charge in [0.2, 0.25) is 0 Å². The van der Waals surface area contributed by atoms with E-state index in [2.05, 4.69) is 15.2 Å². The summed E-state index contributed by atoms with van der Waals surface area (Å²) in [6.45, 7) is 11.8. The van der Waals surface area contributed by atoms with Gasteiger partial charge in [0.15, 0.2) is 0 Å². The van der Waals surface area contributed by atoms with Gasteiger partial charge in [-0.1, -0.05) is 19.3 Å². The van der Waals surface area contributed by atoms with Crippen LogP contribution < -0.4 is 10.2 Å². The fourth-order valence-corrected chi connectivity index (χ4v) is 5.02. The number of piperazine rings is 1. The number of nitrogens with zero attached hydrogens (tertiary/aromatic N) is 4. The lowest BCUT2D eigenvalue weighted by molar-refractivity contribution is 0.0240. The summed E-state index contributed by atoms with van der Waals surface area (Å²) in [5.41, 5.74) is 2.37. The second kappa shape index (κ2) is 12.0. The van der Waals surface area contributed by atoms with Gasteiger partial charge in [0.1, 0.15) is 17.2 Å². The van der Waals surface area contributed by atoms with E-state index in [4.69, 9.17) is 14.5 Å². The predicted molar refractivity (Wildman–Crippen MR) is 149 cm³/mol. The quantitative estimate of drug-likeness (QED) is 0.501. The fourth-order valence-electron chi connectivity index (χ4n) is 5.02. The molecule has 4 rings (SSSR count). The molecule has 206 valence electrons. The highest BCUT2D eigenvalue weighted by molar-refractivity contribution is 5.94. The number of carbonyl (C=O) groups excluding carboxylic acids is 2. The van der Waals surface area contributed by atoms with Crippen LogP contribution in [0.1, 0.15) is 75.7 Å². The van der Waals surface area contributed by atoms with Crippen molar-refractivity contribution in [2.24, 2.45) is 0 Å². The van der Waals surface area contributed by atoms with E-state index in [-0.39, 0.29) is 12.1 Å². The molecule has 1 amide bonds. The first kappa shape index (κ1) is 27.7. The van der Waals surface area contributed by atoms with E-state index in [9.17, 15) is 9.59 Å². The van der Waals surface area contributed by atoms with Crippen LogP contribution in [-0.2, 0) is 9.47 Å². The molecule has 0 unspecified atom stereocenters. The summed E-state index contributed by atoms with van der Waals surface area (Å²) in [7, 11) is 0. The van der Waals surface area contributed by atoms with Crippen LogP contribution in [0, 0.1) is 6.92 Å². The highest BCUT2D eigenvalue weighted by Crippen LogP contribution is 2.31. The van der Waals surface area contributed by atoms with Crippen molar-refractivity contribution in [1.29, 1.82) is 0 Å². The van der Waals surface area contributed by atoms with E-state index in [1.807, 2.05) is 45.9 Å². The van der Waals surface area contributed by atoms with Crippen molar-refractivity contribution < 1.29 is 19.1 Å². The van der Waals surface area contributed by atoms with Crippen LogP contribution in [0.3, 0.4) is 0 Å². The molecule has 1 aliphatic carbocycles. The highest BCUT2D eigenvalue weighted by atomic mass is 16.6. The summed E-state index contributed by atoms with van der Waals surface area (Å²) in [5.74, 6) is 1.15.